The summed E-state index contributed by atoms with van der Waals surface area (Å²) >= 11 is 0. The van der Waals surface area contributed by atoms with E-state index in [2.05, 4.69) is 26.8 Å². The Morgan fingerprint density at radius 2 is 1.55 bits per heavy atom. The van der Waals surface area contributed by atoms with Crippen molar-refractivity contribution in [2.24, 2.45) is 17.8 Å². The number of allylic oxidation sites excluding steroid dienone is 3. The molecular weight excluding hydrogens is 875 g/mol. The molecule has 0 aliphatic carbocycles. The molecule has 1 rings (SSSR count). The fraction of sp³-hybridized carbons (Fsp3) is 0.796. The number of aliphatic hydroxyl groups excluding tert-OH is 1. The highest BCUT2D eigenvalue weighted by atomic mass is 17.2. The van der Waals surface area contributed by atoms with E-state index in [1.54, 1.807) is 48.8 Å². The number of unbranched alkanes of at least 4 members (excludes halogenated alkanes) is 1. The molecule has 0 aromatic carbocycles. The molecule has 1 fully saturated rings. The molecule has 67 heavy (non-hydrogen) atoms. The maximum Gasteiger partial charge on any atom is 0.306 e. The lowest BCUT2D eigenvalue weighted by atomic mass is 9.82. The molecule has 0 aromatic heterocycles. The molecule has 0 amide bonds. The molecule has 18 nitrogen and oxygen atoms in total. The van der Waals surface area contributed by atoms with Crippen molar-refractivity contribution in [1.29, 1.82) is 0 Å². The van der Waals surface area contributed by atoms with Crippen molar-refractivity contribution in [3.05, 3.63) is 24.3 Å². The maximum absolute atomic E-state index is 11.9. The highest BCUT2D eigenvalue weighted by molar-refractivity contribution is 5.69. The number of rotatable bonds is 31. The number of aldehydes is 2. The van der Waals surface area contributed by atoms with E-state index in [9.17, 15) is 29.1 Å². The number of likely N-dealkylation sites (N-methyl/N-ethyl adjacent to an activating group) is 1. The van der Waals surface area contributed by atoms with Gasteiger partial charge in [0, 0.05) is 46.3 Å². The SMILES string of the molecule is CC.CCC(=O)OC1C(C)OC(OC(C(C)OOCCOC)C(C(C)O)N(C)C)CC1(C)OC=O.CCC(OC)C(CC=O)CC(C)C(C)/C=C/C=C/CC(C)OC=O.CCCC=O.O=CO. The van der Waals surface area contributed by atoms with Gasteiger partial charge in [0.1, 0.15) is 37.5 Å². The standard InChI is InChI=1S/C22H41NO10.C20H34O4.C4H8O.C2H6.CH2O2/c1-9-17(26)31-21-16(4)30-18(12-22(21,5)28-13-24)32-20(19(14(2)25)23(6)7)15(3)33-29-11-10-27-8;1-6-20(23-5)19(12-13-21)14-17(3)16(2)10-8-7-9-11-18(4)24-15-22;1-2-3-4-5;1-2;2-1-3/h13-16,18-21,25H,9-12H2,1-8H3;7-10,13,15-20H,6,11-12,14H2,1-5H3;4H,2-3H2,1H3;1-2H3;1H,(H,2,3)/b;9-7+,10-8+;;;. The Bertz CT molecular complexity index is 1270. The highest BCUT2D eigenvalue weighted by Gasteiger charge is 2.51. The van der Waals surface area contributed by atoms with E-state index in [1.807, 2.05) is 64.9 Å². The van der Waals surface area contributed by atoms with Gasteiger partial charge in [0.25, 0.3) is 19.4 Å². The van der Waals surface area contributed by atoms with Crippen LogP contribution >= 0.6 is 0 Å². The summed E-state index contributed by atoms with van der Waals surface area (Å²) in [6.07, 6.45) is 11.0. The first-order chi connectivity index (χ1) is 31.8. The quantitative estimate of drug-likeness (QED) is 0.0134. The van der Waals surface area contributed by atoms with E-state index in [4.69, 9.17) is 52.8 Å². The van der Waals surface area contributed by atoms with E-state index >= 15 is 0 Å². The summed E-state index contributed by atoms with van der Waals surface area (Å²) in [7, 11) is 6.91. The van der Waals surface area contributed by atoms with Gasteiger partial charge < -0.3 is 57.9 Å². The molecule has 1 heterocycles. The van der Waals surface area contributed by atoms with Crippen LogP contribution < -0.4 is 0 Å². The molecule has 1 aliphatic rings. The number of nitrogens with zero attached hydrogens (tertiary/aromatic N) is 1. The fourth-order valence-corrected chi connectivity index (χ4v) is 6.98. The summed E-state index contributed by atoms with van der Waals surface area (Å²) in [6.45, 7) is 24.0. The molecule has 0 radical (unpaired) electrons. The minimum absolute atomic E-state index is 0.0902. The lowest BCUT2D eigenvalue weighted by Gasteiger charge is -2.47. The first-order valence-electron chi connectivity index (χ1n) is 23.5. The average molecular weight is 966 g/mol. The van der Waals surface area contributed by atoms with Crippen LogP contribution in [0.15, 0.2) is 24.3 Å². The molecule has 0 bridgehead atoms. The largest absolute Gasteiger partial charge is 0.483 e. The van der Waals surface area contributed by atoms with Gasteiger partial charge in [0.05, 0.1) is 31.0 Å². The van der Waals surface area contributed by atoms with Crippen molar-refractivity contribution in [2.75, 3.05) is 41.5 Å². The Labute approximate surface area is 402 Å². The van der Waals surface area contributed by atoms with Crippen LogP contribution in [0.1, 0.15) is 134 Å². The van der Waals surface area contributed by atoms with Gasteiger partial charge in [-0.15, -0.1) is 0 Å². The summed E-state index contributed by atoms with van der Waals surface area (Å²) in [4.78, 5) is 74.6. The first-order valence-corrected chi connectivity index (χ1v) is 23.5. The van der Waals surface area contributed by atoms with Crippen LogP contribution in [-0.4, -0.2) is 155 Å². The minimum atomic E-state index is -1.17. The van der Waals surface area contributed by atoms with Crippen molar-refractivity contribution < 1.29 is 81.9 Å². The maximum atomic E-state index is 11.9. The number of methoxy groups -OCH3 is 2. The molecule has 1 aliphatic heterocycles. The van der Waals surface area contributed by atoms with Crippen LogP contribution in [0.2, 0.25) is 0 Å². The van der Waals surface area contributed by atoms with E-state index in [1.165, 1.54) is 0 Å². The van der Waals surface area contributed by atoms with Crippen molar-refractivity contribution >= 4 is 38.0 Å². The van der Waals surface area contributed by atoms with Crippen LogP contribution in [0.25, 0.3) is 0 Å². The zero-order chi connectivity index (χ0) is 52.4. The van der Waals surface area contributed by atoms with Crippen LogP contribution in [-0.2, 0) is 71.7 Å². The molecule has 0 saturated carbocycles. The minimum Gasteiger partial charge on any atom is -0.483 e. The van der Waals surface area contributed by atoms with Crippen LogP contribution in [0, 0.1) is 17.8 Å². The third-order valence-corrected chi connectivity index (χ3v) is 10.6. The van der Waals surface area contributed by atoms with Gasteiger partial charge in [0.15, 0.2) is 18.0 Å². The number of ether oxygens (including phenoxy) is 7. The summed E-state index contributed by atoms with van der Waals surface area (Å²) < 4.78 is 38.5. The van der Waals surface area contributed by atoms with Gasteiger partial charge in [0.2, 0.25) is 0 Å². The summed E-state index contributed by atoms with van der Waals surface area (Å²) in [5, 5.41) is 17.3. The van der Waals surface area contributed by atoms with Crippen molar-refractivity contribution in [3.8, 4) is 0 Å². The summed E-state index contributed by atoms with van der Waals surface area (Å²) in [5.74, 6) is 0.744. The van der Waals surface area contributed by atoms with E-state index in [0.717, 1.165) is 31.8 Å². The molecule has 0 aromatic rings. The second-order valence-electron chi connectivity index (χ2n) is 16.2. The average Bonchev–Trinajstić information content (AvgIpc) is 3.28. The Morgan fingerprint density at radius 3 is 2.00 bits per heavy atom. The predicted octanol–water partition coefficient (Wildman–Crippen LogP) is 7.11. The second-order valence-corrected chi connectivity index (χ2v) is 16.2. The van der Waals surface area contributed by atoms with E-state index in [0.29, 0.717) is 50.6 Å². The zero-order valence-electron chi connectivity index (χ0n) is 43.7. The highest BCUT2D eigenvalue weighted by Crippen LogP contribution is 2.36. The molecule has 18 heteroatoms. The normalized spacial score (nSPS) is 21.7. The fourth-order valence-electron chi connectivity index (χ4n) is 6.98. The zero-order valence-corrected chi connectivity index (χ0v) is 43.7. The van der Waals surface area contributed by atoms with Gasteiger partial charge in [-0.3, -0.25) is 19.2 Å². The summed E-state index contributed by atoms with van der Waals surface area (Å²) in [5.41, 5.74) is -1.17. The van der Waals surface area contributed by atoms with Gasteiger partial charge >= 0.3 is 5.97 Å². The second kappa shape index (κ2) is 44.9. The van der Waals surface area contributed by atoms with E-state index in [-0.39, 0.29) is 44.0 Å². The van der Waals surface area contributed by atoms with E-state index < -0.39 is 54.4 Å². The lowest BCUT2D eigenvalue weighted by Crippen LogP contribution is -2.60. The molecule has 2 N–H and O–H groups in total. The third kappa shape index (κ3) is 32.7. The van der Waals surface area contributed by atoms with Crippen LogP contribution in [0.5, 0.6) is 0 Å². The monoisotopic (exact) mass is 966 g/mol. The molecule has 0 spiro atoms. The Balaban J connectivity index is -0.000000509. The van der Waals surface area contributed by atoms with Gasteiger partial charge in [-0.1, -0.05) is 72.8 Å². The number of carbonyl (C=O) groups excluding carboxylic acids is 5. The molecule has 394 valence electrons. The van der Waals surface area contributed by atoms with Gasteiger partial charge in [-0.2, -0.15) is 0 Å². The number of hydrogen-bond acceptors (Lipinski definition) is 17. The predicted molar refractivity (Wildman–Crippen MR) is 256 cm³/mol. The van der Waals surface area contributed by atoms with Gasteiger partial charge in [-0.05, 0) is 85.7 Å². The third-order valence-electron chi connectivity index (χ3n) is 10.6. The number of hydrogen-bond donors (Lipinski definition) is 2. The van der Waals surface area contributed by atoms with Crippen molar-refractivity contribution in [3.63, 3.8) is 0 Å². The smallest absolute Gasteiger partial charge is 0.306 e. The Hall–Kier alpha value is -3.62. The van der Waals surface area contributed by atoms with Gasteiger partial charge in [-0.25, -0.2) is 9.78 Å². The molecule has 13 atom stereocenters. The Morgan fingerprint density at radius 1 is 0.925 bits per heavy atom. The summed E-state index contributed by atoms with van der Waals surface area (Å²) in [6, 6.07) is -0.473. The molecule has 13 unspecified atom stereocenters. The van der Waals surface area contributed by atoms with Crippen LogP contribution in [0.3, 0.4) is 0 Å². The number of aliphatic hydroxyl groups is 1. The number of esters is 1. The molecule has 1 saturated heterocycles. The lowest BCUT2D eigenvalue weighted by molar-refractivity contribution is -0.361. The van der Waals surface area contributed by atoms with Crippen molar-refractivity contribution in [1.82, 2.24) is 4.90 Å². The number of carbonyl (C=O) groups is 6. The van der Waals surface area contributed by atoms with Crippen molar-refractivity contribution in [2.45, 2.75) is 195 Å². The first kappa shape index (κ1) is 69.9. The molecular formula is C49H91NO17. The Kier molecular flexibility index (Phi) is 46.8. The number of carboxylic acid groups (broad SMARTS) is 1. The topological polar surface area (TPSA) is 229 Å². The van der Waals surface area contributed by atoms with Crippen LogP contribution in [0.4, 0.5) is 0 Å².